The third-order valence-corrected chi connectivity index (χ3v) is 4.09. The van der Waals surface area contributed by atoms with Crippen molar-refractivity contribution in [1.29, 1.82) is 0 Å². The highest BCUT2D eigenvalue weighted by molar-refractivity contribution is 9.10. The van der Waals surface area contributed by atoms with E-state index in [4.69, 9.17) is 0 Å². The zero-order chi connectivity index (χ0) is 15.6. The van der Waals surface area contributed by atoms with Gasteiger partial charge in [0.1, 0.15) is 17.2 Å². The molecular formula is C13H13BrF2N2O3. The smallest absolute Gasteiger partial charge is 0.329 e. The van der Waals surface area contributed by atoms with Crippen LogP contribution in [0, 0.1) is 11.6 Å². The maximum atomic E-state index is 13.6. The van der Waals surface area contributed by atoms with Gasteiger partial charge in [0.15, 0.2) is 0 Å². The molecular weight excluding hydrogens is 350 g/mol. The fourth-order valence-electron chi connectivity index (χ4n) is 2.36. The van der Waals surface area contributed by atoms with Crippen molar-refractivity contribution in [3.8, 4) is 0 Å². The van der Waals surface area contributed by atoms with Gasteiger partial charge < -0.3 is 15.7 Å². The summed E-state index contributed by atoms with van der Waals surface area (Å²) < 4.78 is 26.9. The molecule has 2 rings (SSSR count). The summed E-state index contributed by atoms with van der Waals surface area (Å²) >= 11 is 2.82. The number of hydrogen-bond donors (Lipinski definition) is 3. The topological polar surface area (TPSA) is 78.4 Å². The minimum Gasteiger partial charge on any atom is -0.480 e. The Morgan fingerprint density at radius 1 is 1.19 bits per heavy atom. The van der Waals surface area contributed by atoms with Gasteiger partial charge in [-0.15, -0.1) is 0 Å². The SMILES string of the molecule is O=C(Nc1cc(F)c(Br)cc1F)NC1(C(=O)O)CCCC1. The Bertz CT molecular complexity index is 589. The molecule has 1 aliphatic carbocycles. The lowest BCUT2D eigenvalue weighted by molar-refractivity contribution is -0.144. The van der Waals surface area contributed by atoms with Crippen LogP contribution < -0.4 is 10.6 Å². The highest BCUT2D eigenvalue weighted by atomic mass is 79.9. The molecule has 1 aromatic carbocycles. The van der Waals surface area contributed by atoms with Gasteiger partial charge in [-0.1, -0.05) is 12.8 Å². The minimum absolute atomic E-state index is 0.0660. The van der Waals surface area contributed by atoms with Crippen LogP contribution in [0.3, 0.4) is 0 Å². The number of carbonyl (C=O) groups is 2. The van der Waals surface area contributed by atoms with Crippen LogP contribution in [0.1, 0.15) is 25.7 Å². The normalized spacial score (nSPS) is 16.5. The number of carboxylic acids is 1. The number of carboxylic acid groups (broad SMARTS) is 1. The largest absolute Gasteiger partial charge is 0.480 e. The average Bonchev–Trinajstić information content (AvgIpc) is 2.85. The lowest BCUT2D eigenvalue weighted by Gasteiger charge is -2.25. The first-order valence-electron chi connectivity index (χ1n) is 6.31. The Hall–Kier alpha value is -1.70. The van der Waals surface area contributed by atoms with Crippen molar-refractivity contribution in [2.45, 2.75) is 31.2 Å². The maximum Gasteiger partial charge on any atom is 0.329 e. The van der Waals surface area contributed by atoms with Crippen molar-refractivity contribution >= 4 is 33.6 Å². The summed E-state index contributed by atoms with van der Waals surface area (Å²) in [5, 5.41) is 13.7. The van der Waals surface area contributed by atoms with E-state index in [2.05, 4.69) is 26.6 Å². The highest BCUT2D eigenvalue weighted by Crippen LogP contribution is 2.30. The van der Waals surface area contributed by atoms with Gasteiger partial charge in [-0.25, -0.2) is 18.4 Å². The zero-order valence-electron chi connectivity index (χ0n) is 10.9. The molecule has 0 heterocycles. The van der Waals surface area contributed by atoms with Crippen molar-refractivity contribution in [1.82, 2.24) is 5.32 Å². The summed E-state index contributed by atoms with van der Waals surface area (Å²) in [4.78, 5) is 23.1. The Morgan fingerprint density at radius 2 is 1.81 bits per heavy atom. The van der Waals surface area contributed by atoms with Crippen LogP contribution in [0.5, 0.6) is 0 Å². The van der Waals surface area contributed by atoms with Gasteiger partial charge in [-0.3, -0.25) is 0 Å². The van der Waals surface area contributed by atoms with E-state index in [1.54, 1.807) is 0 Å². The van der Waals surface area contributed by atoms with E-state index in [1.165, 1.54) is 0 Å². The molecule has 114 valence electrons. The molecule has 5 nitrogen and oxygen atoms in total. The van der Waals surface area contributed by atoms with Crippen LogP contribution in [-0.4, -0.2) is 22.6 Å². The molecule has 0 bridgehead atoms. The van der Waals surface area contributed by atoms with Gasteiger partial charge in [0.25, 0.3) is 0 Å². The number of aliphatic carboxylic acids is 1. The summed E-state index contributed by atoms with van der Waals surface area (Å²) in [6, 6.07) is 0.828. The Kier molecular flexibility index (Phi) is 4.46. The summed E-state index contributed by atoms with van der Waals surface area (Å²) in [7, 11) is 0. The number of nitrogens with one attached hydrogen (secondary N) is 2. The van der Waals surface area contributed by atoms with Gasteiger partial charge in [0.2, 0.25) is 0 Å². The predicted molar refractivity (Wildman–Crippen MR) is 75.0 cm³/mol. The molecule has 2 amide bonds. The van der Waals surface area contributed by atoms with Crippen LogP contribution in [0.2, 0.25) is 0 Å². The van der Waals surface area contributed by atoms with Crippen LogP contribution in [-0.2, 0) is 4.79 Å². The van der Waals surface area contributed by atoms with E-state index in [1.807, 2.05) is 0 Å². The second-order valence-corrected chi connectivity index (χ2v) is 5.77. The van der Waals surface area contributed by atoms with Crippen molar-refractivity contribution in [3.63, 3.8) is 0 Å². The number of carbonyl (C=O) groups excluding carboxylic acids is 1. The van der Waals surface area contributed by atoms with Crippen molar-refractivity contribution < 1.29 is 23.5 Å². The monoisotopic (exact) mass is 362 g/mol. The predicted octanol–water partition coefficient (Wildman–Crippen LogP) is 3.25. The molecule has 1 aromatic rings. The summed E-state index contributed by atoms with van der Waals surface area (Å²) in [5.74, 6) is -2.69. The van der Waals surface area contributed by atoms with E-state index in [0.29, 0.717) is 25.7 Å². The van der Waals surface area contributed by atoms with Gasteiger partial charge in [0, 0.05) is 6.07 Å². The molecule has 8 heteroatoms. The van der Waals surface area contributed by atoms with Gasteiger partial charge in [-0.2, -0.15) is 0 Å². The molecule has 0 unspecified atom stereocenters. The van der Waals surface area contributed by atoms with E-state index in [-0.39, 0.29) is 10.2 Å². The van der Waals surface area contributed by atoms with Gasteiger partial charge >= 0.3 is 12.0 Å². The molecule has 1 saturated carbocycles. The van der Waals surface area contributed by atoms with E-state index in [9.17, 15) is 23.5 Å². The Morgan fingerprint density at radius 3 is 2.38 bits per heavy atom. The van der Waals surface area contributed by atoms with Crippen LogP contribution in [0.15, 0.2) is 16.6 Å². The minimum atomic E-state index is -1.34. The van der Waals surface area contributed by atoms with Crippen molar-refractivity contribution in [3.05, 3.63) is 28.2 Å². The number of halogens is 3. The molecule has 0 spiro atoms. The van der Waals surface area contributed by atoms with Crippen molar-refractivity contribution in [2.75, 3.05) is 5.32 Å². The summed E-state index contributed by atoms with van der Waals surface area (Å²) in [6.45, 7) is 0. The van der Waals surface area contributed by atoms with E-state index in [0.717, 1.165) is 12.1 Å². The third kappa shape index (κ3) is 3.31. The Labute approximate surface area is 127 Å². The molecule has 1 fully saturated rings. The van der Waals surface area contributed by atoms with E-state index >= 15 is 0 Å². The summed E-state index contributed by atoms with van der Waals surface area (Å²) in [6.07, 6.45) is 2.00. The summed E-state index contributed by atoms with van der Waals surface area (Å²) in [5.41, 5.74) is -1.69. The lowest BCUT2D eigenvalue weighted by Crippen LogP contribution is -2.53. The second-order valence-electron chi connectivity index (χ2n) is 4.92. The fourth-order valence-corrected chi connectivity index (χ4v) is 2.68. The van der Waals surface area contributed by atoms with Crippen LogP contribution >= 0.6 is 15.9 Å². The number of rotatable bonds is 3. The zero-order valence-corrected chi connectivity index (χ0v) is 12.5. The maximum absolute atomic E-state index is 13.6. The number of urea groups is 1. The number of amides is 2. The quantitative estimate of drug-likeness (QED) is 0.722. The molecule has 3 N–H and O–H groups in total. The number of hydrogen-bond acceptors (Lipinski definition) is 2. The van der Waals surface area contributed by atoms with E-state index < -0.39 is 29.2 Å². The first-order valence-corrected chi connectivity index (χ1v) is 7.10. The molecule has 0 saturated heterocycles. The first-order chi connectivity index (χ1) is 9.84. The van der Waals surface area contributed by atoms with Gasteiger partial charge in [-0.05, 0) is 34.8 Å². The highest BCUT2D eigenvalue weighted by Gasteiger charge is 2.42. The van der Waals surface area contributed by atoms with Crippen LogP contribution in [0.25, 0.3) is 0 Å². The Balaban J connectivity index is 2.12. The standard InChI is InChI=1S/C13H13BrF2N2O3/c14-7-5-9(16)10(6-8(7)15)17-12(21)18-13(11(19)20)3-1-2-4-13/h5-6H,1-4H2,(H,19,20)(H2,17,18,21). The lowest BCUT2D eigenvalue weighted by atomic mass is 9.98. The van der Waals surface area contributed by atoms with Gasteiger partial charge in [0.05, 0.1) is 10.2 Å². The van der Waals surface area contributed by atoms with Crippen molar-refractivity contribution in [2.24, 2.45) is 0 Å². The molecule has 1 aliphatic rings. The number of anilines is 1. The fraction of sp³-hybridized carbons (Fsp3) is 0.385. The van der Waals surface area contributed by atoms with Crippen LogP contribution in [0.4, 0.5) is 19.3 Å². The molecule has 0 radical (unpaired) electrons. The first kappa shape index (κ1) is 15.7. The molecule has 0 atom stereocenters. The number of benzene rings is 1. The molecule has 0 aliphatic heterocycles. The third-order valence-electron chi connectivity index (χ3n) is 3.48. The second kappa shape index (κ2) is 5.97. The molecule has 21 heavy (non-hydrogen) atoms. The average molecular weight is 363 g/mol. The molecule has 0 aromatic heterocycles.